The number of nitrogens with zero attached hydrogens (tertiary/aromatic N) is 5. The van der Waals surface area contributed by atoms with Crippen molar-refractivity contribution in [2.45, 2.75) is 52.7 Å². The van der Waals surface area contributed by atoms with E-state index in [1.54, 1.807) is 0 Å². The number of aryl methyl sites for hydroxylation is 2. The Labute approximate surface area is 154 Å². The fourth-order valence-corrected chi connectivity index (χ4v) is 3.66. The maximum absolute atomic E-state index is 9.62. The fourth-order valence-electron chi connectivity index (χ4n) is 3.66. The summed E-state index contributed by atoms with van der Waals surface area (Å²) in [6, 6.07) is 4.34. The first-order valence-electron chi connectivity index (χ1n) is 9.39. The number of hydrogen-bond donors (Lipinski definition) is 1. The highest BCUT2D eigenvalue weighted by Crippen LogP contribution is 2.34. The Bertz CT molecular complexity index is 794. The minimum atomic E-state index is 0.0176. The van der Waals surface area contributed by atoms with E-state index < -0.39 is 0 Å². The first-order valence-corrected chi connectivity index (χ1v) is 9.39. The predicted octanol–water partition coefficient (Wildman–Crippen LogP) is 2.88. The zero-order valence-electron chi connectivity index (χ0n) is 15.7. The normalized spacial score (nSPS) is 19.5. The molecule has 3 rings (SSSR count). The zero-order chi connectivity index (χ0) is 18.5. The molecule has 0 bridgehead atoms. The van der Waals surface area contributed by atoms with E-state index in [0.29, 0.717) is 23.8 Å². The van der Waals surface area contributed by atoms with Gasteiger partial charge in [0.15, 0.2) is 5.82 Å². The second kappa shape index (κ2) is 8.28. The van der Waals surface area contributed by atoms with E-state index >= 15 is 0 Å². The van der Waals surface area contributed by atoms with E-state index in [9.17, 15) is 5.26 Å². The molecule has 1 N–H and O–H groups in total. The summed E-state index contributed by atoms with van der Waals surface area (Å²) in [5, 5.41) is 25.9. The van der Waals surface area contributed by atoms with Gasteiger partial charge in [-0.25, -0.2) is 0 Å². The molecule has 0 radical (unpaired) electrons. The van der Waals surface area contributed by atoms with Gasteiger partial charge < -0.3 is 10.1 Å². The second-order valence-corrected chi connectivity index (χ2v) is 6.46. The predicted molar refractivity (Wildman–Crippen MR) is 98.7 cm³/mol. The van der Waals surface area contributed by atoms with Crippen molar-refractivity contribution in [1.29, 1.82) is 5.26 Å². The van der Waals surface area contributed by atoms with Gasteiger partial charge in [-0.1, -0.05) is 13.8 Å². The van der Waals surface area contributed by atoms with E-state index in [1.165, 1.54) is 0 Å². The van der Waals surface area contributed by atoms with Gasteiger partial charge in [0.05, 0.1) is 11.4 Å². The molecule has 3 heterocycles. The Kier molecular flexibility index (Phi) is 5.84. The monoisotopic (exact) mass is 354 g/mol. The molecular weight excluding hydrogens is 328 g/mol. The van der Waals surface area contributed by atoms with Crippen LogP contribution in [-0.4, -0.2) is 33.1 Å². The van der Waals surface area contributed by atoms with Gasteiger partial charge in [0.25, 0.3) is 0 Å². The Morgan fingerprint density at radius 1 is 1.31 bits per heavy atom. The van der Waals surface area contributed by atoms with Crippen LogP contribution in [0.25, 0.3) is 0 Å². The van der Waals surface area contributed by atoms with Crippen LogP contribution in [0.1, 0.15) is 55.8 Å². The fraction of sp³-hybridized carbons (Fsp3) is 0.579. The molecule has 0 unspecified atom stereocenters. The number of nitrogens with one attached hydrogen (secondary N) is 1. The van der Waals surface area contributed by atoms with E-state index in [2.05, 4.69) is 33.6 Å². The Hall–Kier alpha value is -2.46. The van der Waals surface area contributed by atoms with Crippen LogP contribution in [0.2, 0.25) is 0 Å². The first kappa shape index (κ1) is 18.3. The molecule has 2 aromatic rings. The highest BCUT2D eigenvalue weighted by Gasteiger charge is 2.32. The summed E-state index contributed by atoms with van der Waals surface area (Å²) >= 11 is 0. The minimum Gasteiger partial charge on any atom is -0.372 e. The van der Waals surface area contributed by atoms with Gasteiger partial charge in [-0.15, -0.1) is 5.10 Å². The molecule has 2 aromatic heterocycles. The van der Waals surface area contributed by atoms with Crippen molar-refractivity contribution in [1.82, 2.24) is 20.0 Å². The number of ether oxygens (including phenoxy) is 1. The highest BCUT2D eigenvalue weighted by molar-refractivity contribution is 5.56. The smallest absolute Gasteiger partial charge is 0.166 e. The summed E-state index contributed by atoms with van der Waals surface area (Å²) in [6.07, 6.45) is 4.37. The van der Waals surface area contributed by atoms with Crippen LogP contribution in [-0.2, 0) is 24.1 Å². The molecule has 7 heteroatoms. The third kappa shape index (κ3) is 3.42. The molecule has 1 aliphatic rings. The highest BCUT2D eigenvalue weighted by atomic mass is 16.5. The second-order valence-electron chi connectivity index (χ2n) is 6.46. The van der Waals surface area contributed by atoms with Crippen LogP contribution in [0.15, 0.2) is 12.3 Å². The minimum absolute atomic E-state index is 0.0176. The average molecular weight is 354 g/mol. The summed E-state index contributed by atoms with van der Waals surface area (Å²) in [5.74, 6) is 0.887. The summed E-state index contributed by atoms with van der Waals surface area (Å²) in [5.41, 5.74) is 3.63. The molecule has 0 aromatic carbocycles. The van der Waals surface area contributed by atoms with Gasteiger partial charge in [0.2, 0.25) is 0 Å². The SMILES string of the molecule is CCc1nnc(NC[C@@H]2CCO[C@H]2c2ccnn2CC)c(C#N)c1CC. The molecule has 26 heavy (non-hydrogen) atoms. The van der Waals surface area contributed by atoms with Crippen molar-refractivity contribution in [3.8, 4) is 6.07 Å². The van der Waals surface area contributed by atoms with Crippen LogP contribution in [0.5, 0.6) is 0 Å². The topological polar surface area (TPSA) is 88.7 Å². The van der Waals surface area contributed by atoms with Crippen molar-refractivity contribution < 1.29 is 4.74 Å². The number of nitriles is 1. The molecule has 138 valence electrons. The molecular formula is C19H26N6O. The van der Waals surface area contributed by atoms with E-state index in [4.69, 9.17) is 4.74 Å². The zero-order valence-corrected chi connectivity index (χ0v) is 15.7. The summed E-state index contributed by atoms with van der Waals surface area (Å²) in [7, 11) is 0. The lowest BCUT2D eigenvalue weighted by atomic mass is 9.98. The Balaban J connectivity index is 1.77. The number of anilines is 1. The van der Waals surface area contributed by atoms with E-state index in [1.807, 2.05) is 30.8 Å². The van der Waals surface area contributed by atoms with E-state index in [-0.39, 0.29) is 6.10 Å². The van der Waals surface area contributed by atoms with Gasteiger partial charge in [-0.3, -0.25) is 4.68 Å². The molecule has 0 spiro atoms. The third-order valence-corrected chi connectivity index (χ3v) is 5.04. The molecule has 0 aliphatic carbocycles. The largest absolute Gasteiger partial charge is 0.372 e. The average Bonchev–Trinajstić information content (AvgIpc) is 3.33. The van der Waals surface area contributed by atoms with Crippen LogP contribution < -0.4 is 5.32 Å². The number of hydrogen-bond acceptors (Lipinski definition) is 6. The standard InChI is InChI=1S/C19H26N6O/c1-4-14-15(11-20)19(24-23-16(14)5-2)21-12-13-8-10-26-18(13)17-7-9-22-25(17)6-3/h7,9,13,18H,4-6,8,10,12H2,1-3H3,(H,21,24)/t13-,18+/m0/s1. The molecule has 1 fully saturated rings. The van der Waals surface area contributed by atoms with Crippen molar-refractivity contribution in [2.24, 2.45) is 5.92 Å². The first-order chi connectivity index (χ1) is 12.7. The van der Waals surface area contributed by atoms with Crippen molar-refractivity contribution in [3.05, 3.63) is 34.8 Å². The van der Waals surface area contributed by atoms with Crippen LogP contribution >= 0.6 is 0 Å². The Morgan fingerprint density at radius 2 is 2.15 bits per heavy atom. The molecule has 1 saturated heterocycles. The molecule has 2 atom stereocenters. The van der Waals surface area contributed by atoms with Crippen molar-refractivity contribution in [3.63, 3.8) is 0 Å². The molecule has 7 nitrogen and oxygen atoms in total. The molecule has 0 amide bonds. The Morgan fingerprint density at radius 3 is 2.85 bits per heavy atom. The van der Waals surface area contributed by atoms with Gasteiger partial charge in [-0.2, -0.15) is 15.5 Å². The van der Waals surface area contributed by atoms with Crippen LogP contribution in [0.4, 0.5) is 5.82 Å². The van der Waals surface area contributed by atoms with Gasteiger partial charge in [0.1, 0.15) is 17.7 Å². The van der Waals surface area contributed by atoms with Gasteiger partial charge in [0, 0.05) is 31.8 Å². The lowest BCUT2D eigenvalue weighted by Crippen LogP contribution is -2.21. The van der Waals surface area contributed by atoms with Gasteiger partial charge in [-0.05, 0) is 37.8 Å². The maximum Gasteiger partial charge on any atom is 0.166 e. The summed E-state index contributed by atoms with van der Waals surface area (Å²) < 4.78 is 7.96. The third-order valence-electron chi connectivity index (χ3n) is 5.04. The number of aromatic nitrogens is 4. The number of rotatable bonds is 7. The maximum atomic E-state index is 9.62. The van der Waals surface area contributed by atoms with Gasteiger partial charge >= 0.3 is 0 Å². The summed E-state index contributed by atoms with van der Waals surface area (Å²) in [6.45, 7) is 8.41. The summed E-state index contributed by atoms with van der Waals surface area (Å²) in [4.78, 5) is 0. The van der Waals surface area contributed by atoms with Crippen molar-refractivity contribution in [2.75, 3.05) is 18.5 Å². The van der Waals surface area contributed by atoms with Crippen LogP contribution in [0.3, 0.4) is 0 Å². The lowest BCUT2D eigenvalue weighted by Gasteiger charge is -2.20. The van der Waals surface area contributed by atoms with Crippen molar-refractivity contribution >= 4 is 5.82 Å². The van der Waals surface area contributed by atoms with Crippen LogP contribution in [0, 0.1) is 17.2 Å². The lowest BCUT2D eigenvalue weighted by molar-refractivity contribution is 0.0858. The van der Waals surface area contributed by atoms with E-state index in [0.717, 1.165) is 49.4 Å². The molecule has 1 aliphatic heterocycles. The quantitative estimate of drug-likeness (QED) is 0.822. The molecule has 0 saturated carbocycles.